The van der Waals surface area contributed by atoms with Crippen LogP contribution in [0.25, 0.3) is 0 Å². The van der Waals surface area contributed by atoms with Crippen molar-refractivity contribution in [2.24, 2.45) is 0 Å². The second kappa shape index (κ2) is 8.73. The molecule has 20 heavy (non-hydrogen) atoms. The van der Waals surface area contributed by atoms with Gasteiger partial charge < -0.3 is 31.5 Å². The molecule has 0 spiro atoms. The Kier molecular flexibility index (Phi) is 6.87. The van der Waals surface area contributed by atoms with Crippen molar-refractivity contribution in [3.63, 3.8) is 0 Å². The molecule has 1 rings (SSSR count). The Bertz CT molecular complexity index is 395. The molecule has 0 aliphatic carbocycles. The maximum absolute atomic E-state index is 11.3. The average molecular weight is 282 g/mol. The van der Waals surface area contributed by atoms with Crippen molar-refractivity contribution in [3.8, 4) is 0 Å². The molecular weight excluding hydrogens is 264 g/mol. The second-order valence-corrected chi connectivity index (χ2v) is 3.79. The molecule has 1 aromatic carbocycles. The van der Waals surface area contributed by atoms with Gasteiger partial charge in [0.15, 0.2) is 0 Å². The van der Waals surface area contributed by atoms with E-state index in [2.05, 4.69) is 21.3 Å². The molecule has 0 saturated heterocycles. The first-order chi connectivity index (χ1) is 9.65. The van der Waals surface area contributed by atoms with E-state index in [9.17, 15) is 9.59 Å². The van der Waals surface area contributed by atoms with Gasteiger partial charge in [0.2, 0.25) is 0 Å². The Hall–Kier alpha value is -2.32. The molecule has 110 valence electrons. The Morgan fingerprint density at radius 1 is 0.800 bits per heavy atom. The number of nitrogens with one attached hydrogen (secondary N) is 4. The number of rotatable bonds is 6. The first-order valence-electron chi connectivity index (χ1n) is 6.07. The zero-order valence-corrected chi connectivity index (χ0v) is 10.8. The van der Waals surface area contributed by atoms with E-state index in [1.165, 1.54) is 0 Å². The van der Waals surface area contributed by atoms with Crippen LogP contribution in [0, 0.1) is 0 Å². The fourth-order valence-electron chi connectivity index (χ4n) is 1.33. The lowest BCUT2D eigenvalue weighted by Crippen LogP contribution is -2.31. The predicted molar refractivity (Wildman–Crippen MR) is 74.7 cm³/mol. The van der Waals surface area contributed by atoms with E-state index in [0.29, 0.717) is 11.4 Å². The number of carbonyl (C=O) groups excluding carboxylic acids is 2. The van der Waals surface area contributed by atoms with Crippen LogP contribution in [-0.2, 0) is 0 Å². The van der Waals surface area contributed by atoms with Gasteiger partial charge in [0, 0.05) is 24.5 Å². The highest BCUT2D eigenvalue weighted by Gasteiger charge is 2.02. The van der Waals surface area contributed by atoms with Crippen molar-refractivity contribution in [3.05, 3.63) is 24.3 Å². The lowest BCUT2D eigenvalue weighted by Gasteiger charge is -2.09. The van der Waals surface area contributed by atoms with E-state index in [0.717, 1.165) is 0 Å². The smallest absolute Gasteiger partial charge is 0.319 e. The molecular formula is C12H18N4O4. The van der Waals surface area contributed by atoms with Gasteiger partial charge in [-0.15, -0.1) is 0 Å². The summed E-state index contributed by atoms with van der Waals surface area (Å²) in [4.78, 5) is 22.6. The van der Waals surface area contributed by atoms with Crippen LogP contribution in [0.4, 0.5) is 21.0 Å². The van der Waals surface area contributed by atoms with E-state index >= 15 is 0 Å². The van der Waals surface area contributed by atoms with E-state index < -0.39 is 12.1 Å². The molecule has 1 aromatic rings. The van der Waals surface area contributed by atoms with Gasteiger partial charge in [-0.3, -0.25) is 0 Å². The molecule has 0 radical (unpaired) electrons. The number of anilines is 2. The Morgan fingerprint density at radius 2 is 1.15 bits per heavy atom. The second-order valence-electron chi connectivity index (χ2n) is 3.79. The summed E-state index contributed by atoms with van der Waals surface area (Å²) in [6.45, 7) is 0.103. The third-order valence-electron chi connectivity index (χ3n) is 2.20. The van der Waals surface area contributed by atoms with Crippen molar-refractivity contribution >= 4 is 23.4 Å². The summed E-state index contributed by atoms with van der Waals surface area (Å²) in [5, 5.41) is 27.2. The SMILES string of the molecule is O=C(NCCO)Nc1ccc(NC(=O)NCCO)cc1. The van der Waals surface area contributed by atoms with Crippen LogP contribution in [0.3, 0.4) is 0 Å². The summed E-state index contributed by atoms with van der Waals surface area (Å²) in [7, 11) is 0. The lowest BCUT2D eigenvalue weighted by atomic mass is 10.3. The summed E-state index contributed by atoms with van der Waals surface area (Å²) in [5.74, 6) is 0. The van der Waals surface area contributed by atoms with Crippen molar-refractivity contribution in [2.45, 2.75) is 0 Å². The maximum atomic E-state index is 11.3. The van der Waals surface area contributed by atoms with E-state index in [1.54, 1.807) is 24.3 Å². The summed E-state index contributed by atoms with van der Waals surface area (Å²) >= 11 is 0. The van der Waals surface area contributed by atoms with Gasteiger partial charge in [0.1, 0.15) is 0 Å². The van der Waals surface area contributed by atoms with Crippen molar-refractivity contribution in [2.75, 3.05) is 36.9 Å². The molecule has 0 saturated carbocycles. The minimum absolute atomic E-state index is 0.126. The molecule has 0 atom stereocenters. The predicted octanol–water partition coefficient (Wildman–Crippen LogP) is -0.0858. The highest BCUT2D eigenvalue weighted by molar-refractivity contribution is 5.91. The number of carbonyl (C=O) groups is 2. The van der Waals surface area contributed by atoms with Crippen LogP contribution in [0.1, 0.15) is 0 Å². The van der Waals surface area contributed by atoms with Crippen molar-refractivity contribution < 1.29 is 19.8 Å². The van der Waals surface area contributed by atoms with Crippen molar-refractivity contribution in [1.82, 2.24) is 10.6 Å². The lowest BCUT2D eigenvalue weighted by molar-refractivity contribution is 0.244. The zero-order valence-electron chi connectivity index (χ0n) is 10.8. The van der Waals surface area contributed by atoms with Gasteiger partial charge >= 0.3 is 12.1 Å². The Balaban J connectivity index is 2.43. The number of hydrogen-bond acceptors (Lipinski definition) is 4. The highest BCUT2D eigenvalue weighted by atomic mass is 16.3. The summed E-state index contributed by atoms with van der Waals surface area (Å²) < 4.78 is 0. The molecule has 0 heterocycles. The topological polar surface area (TPSA) is 123 Å². The molecule has 0 aliphatic rings. The molecule has 8 heteroatoms. The van der Waals surface area contributed by atoms with E-state index in [1.807, 2.05) is 0 Å². The first-order valence-corrected chi connectivity index (χ1v) is 6.07. The number of urea groups is 2. The molecule has 4 amide bonds. The third-order valence-corrected chi connectivity index (χ3v) is 2.20. The molecule has 0 aromatic heterocycles. The highest BCUT2D eigenvalue weighted by Crippen LogP contribution is 2.13. The summed E-state index contributed by atoms with van der Waals surface area (Å²) in [5.41, 5.74) is 1.11. The summed E-state index contributed by atoms with van der Waals surface area (Å²) in [6, 6.07) is 5.67. The van der Waals surface area contributed by atoms with Crippen LogP contribution in [0.15, 0.2) is 24.3 Å². The number of hydrogen-bond donors (Lipinski definition) is 6. The minimum Gasteiger partial charge on any atom is -0.395 e. The van der Waals surface area contributed by atoms with Gasteiger partial charge in [-0.05, 0) is 24.3 Å². The first kappa shape index (κ1) is 15.7. The number of aliphatic hydroxyl groups is 2. The largest absolute Gasteiger partial charge is 0.395 e. The normalized spacial score (nSPS) is 9.70. The van der Waals surface area contributed by atoms with Gasteiger partial charge in [-0.2, -0.15) is 0 Å². The fourth-order valence-corrected chi connectivity index (χ4v) is 1.33. The van der Waals surface area contributed by atoms with Crippen LogP contribution in [0.2, 0.25) is 0 Å². The van der Waals surface area contributed by atoms with E-state index in [4.69, 9.17) is 10.2 Å². The summed E-state index contributed by atoms with van der Waals surface area (Å²) in [6.07, 6.45) is 0. The molecule has 0 unspecified atom stereocenters. The molecule has 0 aliphatic heterocycles. The van der Waals surface area contributed by atoms with Gasteiger partial charge in [-0.25, -0.2) is 9.59 Å². The molecule has 0 fully saturated rings. The molecule has 0 bridgehead atoms. The Labute approximate surface area is 116 Å². The van der Waals surface area contributed by atoms with E-state index in [-0.39, 0.29) is 26.3 Å². The van der Waals surface area contributed by atoms with Crippen molar-refractivity contribution in [1.29, 1.82) is 0 Å². The fraction of sp³-hybridized carbons (Fsp3) is 0.333. The Morgan fingerprint density at radius 3 is 1.45 bits per heavy atom. The number of aliphatic hydroxyl groups excluding tert-OH is 2. The van der Waals surface area contributed by atoms with Gasteiger partial charge in [0.05, 0.1) is 13.2 Å². The minimum atomic E-state index is -0.416. The third kappa shape index (κ3) is 6.03. The quantitative estimate of drug-likeness (QED) is 0.436. The van der Waals surface area contributed by atoms with Gasteiger partial charge in [-0.1, -0.05) is 0 Å². The van der Waals surface area contributed by atoms with Crippen LogP contribution in [-0.4, -0.2) is 48.6 Å². The zero-order chi connectivity index (χ0) is 14.8. The number of amides is 4. The monoisotopic (exact) mass is 282 g/mol. The van der Waals surface area contributed by atoms with Gasteiger partial charge in [0.25, 0.3) is 0 Å². The van der Waals surface area contributed by atoms with Crippen LogP contribution in [0.5, 0.6) is 0 Å². The number of benzene rings is 1. The van der Waals surface area contributed by atoms with Crippen LogP contribution >= 0.6 is 0 Å². The average Bonchev–Trinajstić information content (AvgIpc) is 2.45. The standard InChI is InChI=1S/C12H18N4O4/c17-7-5-13-11(19)15-9-1-2-10(4-3-9)16-12(20)14-6-8-18/h1-4,17-18H,5-8H2,(H2,13,15,19)(H2,14,16,20). The van der Waals surface area contributed by atoms with Crippen LogP contribution < -0.4 is 21.3 Å². The maximum Gasteiger partial charge on any atom is 0.319 e. The molecule has 8 nitrogen and oxygen atoms in total. The molecule has 6 N–H and O–H groups in total.